The van der Waals surface area contributed by atoms with E-state index in [4.69, 9.17) is 16.4 Å². The van der Waals surface area contributed by atoms with Crippen LogP contribution in [0.4, 0.5) is 0 Å². The molecule has 0 heterocycles. The normalized spacial score (nSPS) is 25.9. The fraction of sp³-hybridized carbons (Fsp3) is 0.455. The molecule has 0 aliphatic heterocycles. The van der Waals surface area contributed by atoms with Crippen LogP contribution in [0.3, 0.4) is 0 Å². The van der Waals surface area contributed by atoms with Gasteiger partial charge >= 0.3 is 0 Å². The van der Waals surface area contributed by atoms with Gasteiger partial charge in [-0.25, -0.2) is 0 Å². The number of hydroxylamine groups is 1. The summed E-state index contributed by atoms with van der Waals surface area (Å²) in [6.45, 7) is 0. The highest BCUT2D eigenvalue weighted by Gasteiger charge is 2.30. The van der Waals surface area contributed by atoms with Crippen LogP contribution in [0.15, 0.2) is 24.3 Å². The third-order valence-electron chi connectivity index (χ3n) is 2.74. The summed E-state index contributed by atoms with van der Waals surface area (Å²) in [7, 11) is 1.66. The summed E-state index contributed by atoms with van der Waals surface area (Å²) in [5.74, 6) is 0.640. The summed E-state index contributed by atoms with van der Waals surface area (Å²) >= 11 is 5.93. The van der Waals surface area contributed by atoms with Crippen LogP contribution in [-0.2, 0) is 4.84 Å². The van der Waals surface area contributed by atoms with Crippen LogP contribution in [0.5, 0.6) is 0 Å². The molecule has 1 fully saturated rings. The summed E-state index contributed by atoms with van der Waals surface area (Å²) in [4.78, 5) is 4.88. The lowest BCUT2D eigenvalue weighted by Crippen LogP contribution is -2.39. The Kier molecular flexibility index (Phi) is 3.06. The summed E-state index contributed by atoms with van der Waals surface area (Å²) in [5, 5.41) is 0.825. The van der Waals surface area contributed by atoms with Gasteiger partial charge in [0, 0.05) is 11.1 Å². The first-order chi connectivity index (χ1) is 6.79. The van der Waals surface area contributed by atoms with Gasteiger partial charge in [-0.2, -0.15) is 5.48 Å². The molecule has 3 heteroatoms. The summed E-state index contributed by atoms with van der Waals surface area (Å²) in [6.07, 6.45) is 2.27. The second kappa shape index (κ2) is 4.30. The van der Waals surface area contributed by atoms with Crippen molar-refractivity contribution >= 4 is 11.6 Å². The zero-order valence-corrected chi connectivity index (χ0v) is 8.92. The van der Waals surface area contributed by atoms with Gasteiger partial charge in [-0.15, -0.1) is 0 Å². The van der Waals surface area contributed by atoms with E-state index in [0.717, 1.165) is 17.9 Å². The number of nitrogens with one attached hydrogen (secondary N) is 1. The van der Waals surface area contributed by atoms with Crippen molar-refractivity contribution in [3.05, 3.63) is 34.9 Å². The molecule has 1 aromatic rings. The molecule has 1 saturated carbocycles. The van der Waals surface area contributed by atoms with Crippen molar-refractivity contribution in [3.8, 4) is 0 Å². The Bertz CT molecular complexity index is 310. The van der Waals surface area contributed by atoms with Crippen LogP contribution in [0.2, 0.25) is 5.02 Å². The van der Waals surface area contributed by atoms with Crippen molar-refractivity contribution in [2.75, 3.05) is 7.11 Å². The minimum Gasteiger partial charge on any atom is -0.305 e. The highest BCUT2D eigenvalue weighted by Crippen LogP contribution is 2.37. The molecule has 1 aliphatic carbocycles. The largest absolute Gasteiger partial charge is 0.305 e. The Morgan fingerprint density at radius 2 is 2.21 bits per heavy atom. The minimum absolute atomic E-state index is 0.504. The molecule has 1 aliphatic rings. The Morgan fingerprint density at radius 1 is 1.43 bits per heavy atom. The van der Waals surface area contributed by atoms with Gasteiger partial charge in [-0.05, 0) is 36.5 Å². The fourth-order valence-corrected chi connectivity index (χ4v) is 2.11. The average molecular weight is 212 g/mol. The van der Waals surface area contributed by atoms with E-state index < -0.39 is 0 Å². The molecule has 0 bridgehead atoms. The number of rotatable bonds is 3. The van der Waals surface area contributed by atoms with Gasteiger partial charge in [0.15, 0.2) is 0 Å². The standard InChI is InChI=1S/C11H14ClNO/c1-14-13-11-6-9(7-11)8-3-2-4-10(12)5-8/h2-5,9,11,13H,6-7H2,1H3. The third kappa shape index (κ3) is 2.08. The molecule has 0 amide bonds. The first kappa shape index (κ1) is 9.97. The smallest absolute Gasteiger partial charge is 0.0572 e. The van der Waals surface area contributed by atoms with Crippen molar-refractivity contribution in [3.63, 3.8) is 0 Å². The van der Waals surface area contributed by atoms with Gasteiger partial charge in [0.25, 0.3) is 0 Å². The molecular formula is C11H14ClNO. The maximum atomic E-state index is 5.93. The van der Waals surface area contributed by atoms with E-state index in [-0.39, 0.29) is 0 Å². The first-order valence-corrected chi connectivity index (χ1v) is 5.21. The lowest BCUT2D eigenvalue weighted by Gasteiger charge is -2.35. The molecule has 0 unspecified atom stereocenters. The van der Waals surface area contributed by atoms with E-state index in [0.29, 0.717) is 12.0 Å². The predicted octanol–water partition coefficient (Wildman–Crippen LogP) is 2.74. The quantitative estimate of drug-likeness (QED) is 0.777. The van der Waals surface area contributed by atoms with E-state index in [9.17, 15) is 0 Å². The van der Waals surface area contributed by atoms with E-state index in [1.807, 2.05) is 12.1 Å². The van der Waals surface area contributed by atoms with Gasteiger partial charge < -0.3 is 4.84 Å². The zero-order valence-electron chi connectivity index (χ0n) is 8.16. The maximum absolute atomic E-state index is 5.93. The van der Waals surface area contributed by atoms with Crippen LogP contribution in [-0.4, -0.2) is 13.2 Å². The lowest BCUT2D eigenvalue weighted by atomic mass is 9.76. The molecule has 0 radical (unpaired) electrons. The van der Waals surface area contributed by atoms with E-state index in [2.05, 4.69) is 17.6 Å². The summed E-state index contributed by atoms with van der Waals surface area (Å²) in [5.41, 5.74) is 4.30. The van der Waals surface area contributed by atoms with E-state index in [1.54, 1.807) is 7.11 Å². The fourth-order valence-electron chi connectivity index (χ4n) is 1.91. The molecule has 0 saturated heterocycles. The highest BCUT2D eigenvalue weighted by atomic mass is 35.5. The van der Waals surface area contributed by atoms with Crippen LogP contribution >= 0.6 is 11.6 Å². The lowest BCUT2D eigenvalue weighted by molar-refractivity contribution is 0.0285. The van der Waals surface area contributed by atoms with Crippen molar-refractivity contribution in [1.82, 2.24) is 5.48 Å². The van der Waals surface area contributed by atoms with Crippen molar-refractivity contribution in [1.29, 1.82) is 0 Å². The van der Waals surface area contributed by atoms with Gasteiger partial charge in [0.05, 0.1) is 7.11 Å². The van der Waals surface area contributed by atoms with Crippen LogP contribution in [0.25, 0.3) is 0 Å². The van der Waals surface area contributed by atoms with Crippen LogP contribution in [0, 0.1) is 0 Å². The molecule has 76 valence electrons. The van der Waals surface area contributed by atoms with Gasteiger partial charge in [-0.3, -0.25) is 0 Å². The zero-order chi connectivity index (χ0) is 9.97. The van der Waals surface area contributed by atoms with Crippen molar-refractivity contribution in [2.45, 2.75) is 24.8 Å². The molecule has 2 nitrogen and oxygen atoms in total. The predicted molar refractivity (Wildman–Crippen MR) is 57.4 cm³/mol. The highest BCUT2D eigenvalue weighted by molar-refractivity contribution is 6.30. The van der Waals surface area contributed by atoms with Crippen LogP contribution < -0.4 is 5.48 Å². The Morgan fingerprint density at radius 3 is 2.86 bits per heavy atom. The van der Waals surface area contributed by atoms with Crippen molar-refractivity contribution < 1.29 is 4.84 Å². The van der Waals surface area contributed by atoms with E-state index in [1.165, 1.54) is 5.56 Å². The van der Waals surface area contributed by atoms with E-state index >= 15 is 0 Å². The Balaban J connectivity index is 1.93. The monoisotopic (exact) mass is 211 g/mol. The molecule has 1 N–H and O–H groups in total. The number of halogens is 1. The first-order valence-electron chi connectivity index (χ1n) is 4.83. The molecular weight excluding hydrogens is 198 g/mol. The Hall–Kier alpha value is -0.570. The summed E-state index contributed by atoms with van der Waals surface area (Å²) in [6, 6.07) is 8.61. The molecule has 2 rings (SSSR count). The topological polar surface area (TPSA) is 21.3 Å². The SMILES string of the molecule is CONC1CC(c2cccc(Cl)c2)C1. The maximum Gasteiger partial charge on any atom is 0.0572 e. The molecule has 0 aromatic heterocycles. The third-order valence-corrected chi connectivity index (χ3v) is 2.98. The van der Waals surface area contributed by atoms with Gasteiger partial charge in [0.2, 0.25) is 0 Å². The van der Waals surface area contributed by atoms with Crippen LogP contribution in [0.1, 0.15) is 24.3 Å². The van der Waals surface area contributed by atoms with Gasteiger partial charge in [-0.1, -0.05) is 23.7 Å². The summed E-state index contributed by atoms with van der Waals surface area (Å²) < 4.78 is 0. The number of hydrogen-bond donors (Lipinski definition) is 1. The van der Waals surface area contributed by atoms with Crippen molar-refractivity contribution in [2.24, 2.45) is 0 Å². The number of benzene rings is 1. The number of hydrogen-bond acceptors (Lipinski definition) is 2. The second-order valence-corrected chi connectivity index (χ2v) is 4.18. The molecule has 14 heavy (non-hydrogen) atoms. The molecule has 0 atom stereocenters. The van der Waals surface area contributed by atoms with Gasteiger partial charge in [0.1, 0.15) is 0 Å². The minimum atomic E-state index is 0.504. The molecule has 1 aromatic carbocycles. The Labute approximate surface area is 89.2 Å². The average Bonchev–Trinajstić information content (AvgIpc) is 2.10. The molecule has 0 spiro atoms. The second-order valence-electron chi connectivity index (χ2n) is 3.74.